The van der Waals surface area contributed by atoms with Gasteiger partial charge in [-0.2, -0.15) is 0 Å². The van der Waals surface area contributed by atoms with Gasteiger partial charge in [0.15, 0.2) is 9.84 Å². The highest BCUT2D eigenvalue weighted by Gasteiger charge is 2.42. The molecular formula is C17H22F2N2O3S. The number of halogens is 2. The number of nitrogens with zero attached hydrogens (tertiary/aromatic N) is 1. The molecule has 1 N–H and O–H groups in total. The molecule has 1 aromatic carbocycles. The number of sulfone groups is 1. The van der Waals surface area contributed by atoms with Crippen LogP contribution < -0.4 is 5.32 Å². The first-order valence-corrected chi connectivity index (χ1v) is 9.91. The lowest BCUT2D eigenvalue weighted by Crippen LogP contribution is -2.50. The predicted molar refractivity (Wildman–Crippen MR) is 92.0 cm³/mol. The molecule has 0 spiro atoms. The van der Waals surface area contributed by atoms with Crippen LogP contribution in [0.5, 0.6) is 0 Å². The molecular weight excluding hydrogens is 350 g/mol. The number of hydrogen-bond donors (Lipinski definition) is 1. The van der Waals surface area contributed by atoms with Crippen molar-refractivity contribution in [3.63, 3.8) is 0 Å². The molecule has 138 valence electrons. The van der Waals surface area contributed by atoms with E-state index in [-0.39, 0.29) is 6.54 Å². The minimum atomic E-state index is -3.29. The summed E-state index contributed by atoms with van der Waals surface area (Å²) < 4.78 is 50.0. The van der Waals surface area contributed by atoms with Crippen molar-refractivity contribution < 1.29 is 22.0 Å². The van der Waals surface area contributed by atoms with Crippen LogP contribution in [0.2, 0.25) is 0 Å². The highest BCUT2D eigenvalue weighted by atomic mass is 32.2. The number of carbonyl (C=O) groups is 1. The molecule has 1 saturated heterocycles. The summed E-state index contributed by atoms with van der Waals surface area (Å²) in [5.74, 6) is -2.82. The van der Waals surface area contributed by atoms with E-state index in [0.29, 0.717) is 5.56 Å². The molecule has 0 radical (unpaired) electrons. The number of urea groups is 1. The Labute approximate surface area is 146 Å². The molecule has 1 heterocycles. The molecule has 0 bridgehead atoms. The number of hydrogen-bond acceptors (Lipinski definition) is 3. The Morgan fingerprint density at radius 3 is 2.60 bits per heavy atom. The third kappa shape index (κ3) is 5.81. The average molecular weight is 372 g/mol. The minimum Gasteiger partial charge on any atom is -0.332 e. The van der Waals surface area contributed by atoms with Gasteiger partial charge in [0.2, 0.25) is 0 Å². The summed E-state index contributed by atoms with van der Waals surface area (Å²) in [5, 5.41) is 3.65. The molecule has 8 heteroatoms. The molecule has 2 amide bonds. The fourth-order valence-corrected chi connectivity index (χ4v) is 3.26. The number of nitrogens with one attached hydrogen (secondary N) is 1. The van der Waals surface area contributed by atoms with Crippen molar-refractivity contribution in [1.82, 2.24) is 10.2 Å². The first kappa shape index (κ1) is 19.4. The topological polar surface area (TPSA) is 66.5 Å². The molecule has 0 saturated carbocycles. The average Bonchev–Trinajstić information content (AvgIpc) is 2.52. The van der Waals surface area contributed by atoms with Gasteiger partial charge >= 0.3 is 6.03 Å². The van der Waals surface area contributed by atoms with E-state index in [0.717, 1.165) is 11.7 Å². The molecule has 1 aliphatic heterocycles. The summed E-state index contributed by atoms with van der Waals surface area (Å²) in [6, 6.07) is 6.96. The van der Waals surface area contributed by atoms with E-state index in [1.165, 1.54) is 11.0 Å². The van der Waals surface area contributed by atoms with E-state index < -0.39 is 46.7 Å². The van der Waals surface area contributed by atoms with Crippen LogP contribution in [0.15, 0.2) is 41.8 Å². The van der Waals surface area contributed by atoms with Gasteiger partial charge in [-0.25, -0.2) is 22.0 Å². The van der Waals surface area contributed by atoms with Crippen molar-refractivity contribution in [2.45, 2.75) is 37.8 Å². The normalized spacial score (nSPS) is 21.9. The van der Waals surface area contributed by atoms with Gasteiger partial charge in [0.05, 0.1) is 6.04 Å². The Morgan fingerprint density at radius 1 is 1.36 bits per heavy atom. The SMILES string of the molecule is CC(/C=C/S(C)(=O)=O)NC(=O)N1CCC(F)(F)C[C@@H]1c1ccccc1. The van der Waals surface area contributed by atoms with E-state index in [9.17, 15) is 22.0 Å². The van der Waals surface area contributed by atoms with Gasteiger partial charge in [-0.05, 0) is 12.5 Å². The number of piperidine rings is 1. The third-order valence-corrected chi connectivity index (χ3v) is 4.65. The summed E-state index contributed by atoms with van der Waals surface area (Å²) in [4.78, 5) is 13.9. The van der Waals surface area contributed by atoms with Crippen LogP contribution in [0.3, 0.4) is 0 Å². The van der Waals surface area contributed by atoms with Crippen LogP contribution in [0, 0.1) is 0 Å². The minimum absolute atomic E-state index is 0.0685. The summed E-state index contributed by atoms with van der Waals surface area (Å²) in [7, 11) is -3.29. The molecule has 0 aromatic heterocycles. The summed E-state index contributed by atoms with van der Waals surface area (Å²) >= 11 is 0. The van der Waals surface area contributed by atoms with Gasteiger partial charge in [-0.1, -0.05) is 36.4 Å². The van der Waals surface area contributed by atoms with Crippen molar-refractivity contribution in [3.8, 4) is 0 Å². The van der Waals surface area contributed by atoms with Gasteiger partial charge in [-0.15, -0.1) is 0 Å². The van der Waals surface area contributed by atoms with Gasteiger partial charge < -0.3 is 10.2 Å². The molecule has 1 aliphatic rings. The quantitative estimate of drug-likeness (QED) is 0.883. The highest BCUT2D eigenvalue weighted by Crippen LogP contribution is 2.39. The number of amides is 2. The van der Waals surface area contributed by atoms with Crippen molar-refractivity contribution in [1.29, 1.82) is 0 Å². The van der Waals surface area contributed by atoms with Gasteiger partial charge in [0.25, 0.3) is 5.92 Å². The zero-order chi connectivity index (χ0) is 18.7. The van der Waals surface area contributed by atoms with Crippen LogP contribution in [-0.4, -0.2) is 44.1 Å². The zero-order valence-corrected chi connectivity index (χ0v) is 15.0. The van der Waals surface area contributed by atoms with Crippen molar-refractivity contribution in [3.05, 3.63) is 47.4 Å². The predicted octanol–water partition coefficient (Wildman–Crippen LogP) is 3.12. The summed E-state index contributed by atoms with van der Waals surface area (Å²) in [5.41, 5.74) is 0.649. The monoisotopic (exact) mass is 372 g/mol. The van der Waals surface area contributed by atoms with Crippen LogP contribution >= 0.6 is 0 Å². The second kappa shape index (κ2) is 7.51. The van der Waals surface area contributed by atoms with Crippen LogP contribution in [-0.2, 0) is 9.84 Å². The lowest BCUT2D eigenvalue weighted by atomic mass is 9.93. The fraction of sp³-hybridized carbons (Fsp3) is 0.471. The molecule has 1 unspecified atom stereocenters. The molecule has 25 heavy (non-hydrogen) atoms. The smallest absolute Gasteiger partial charge is 0.318 e. The highest BCUT2D eigenvalue weighted by molar-refractivity contribution is 7.93. The molecule has 1 fully saturated rings. The first-order chi connectivity index (χ1) is 11.6. The van der Waals surface area contributed by atoms with E-state index in [4.69, 9.17) is 0 Å². The maximum absolute atomic E-state index is 13.9. The van der Waals surface area contributed by atoms with Crippen molar-refractivity contribution in [2.75, 3.05) is 12.8 Å². The molecule has 0 aliphatic carbocycles. The molecule has 2 rings (SSSR count). The van der Waals surface area contributed by atoms with Gasteiger partial charge in [-0.3, -0.25) is 0 Å². The first-order valence-electron chi connectivity index (χ1n) is 7.95. The standard InChI is InChI=1S/C17H22F2N2O3S/c1-13(8-11-25(2,23)24)20-16(22)21-10-9-17(18,19)12-15(21)14-6-4-3-5-7-14/h3-8,11,13,15H,9-10,12H2,1-2H3,(H,20,22)/b11-8+/t13?,15-/m1/s1. The molecule has 2 atom stereocenters. The molecule has 1 aromatic rings. The number of rotatable bonds is 4. The van der Waals surface area contributed by atoms with Crippen LogP contribution in [0.4, 0.5) is 13.6 Å². The number of alkyl halides is 2. The Balaban J connectivity index is 2.14. The van der Waals surface area contributed by atoms with Gasteiger partial charge in [0, 0.05) is 37.1 Å². The van der Waals surface area contributed by atoms with E-state index in [1.807, 2.05) is 0 Å². The van der Waals surface area contributed by atoms with Crippen LogP contribution in [0.1, 0.15) is 31.4 Å². The van der Waals surface area contributed by atoms with Gasteiger partial charge in [0.1, 0.15) is 0 Å². The Kier molecular flexibility index (Phi) is 5.82. The maximum Gasteiger partial charge on any atom is 0.318 e. The van der Waals surface area contributed by atoms with Crippen molar-refractivity contribution in [2.24, 2.45) is 0 Å². The summed E-state index contributed by atoms with van der Waals surface area (Å²) in [6.45, 7) is 1.55. The van der Waals surface area contributed by atoms with Crippen molar-refractivity contribution >= 4 is 15.9 Å². The maximum atomic E-state index is 13.9. The number of benzene rings is 1. The fourth-order valence-electron chi connectivity index (χ4n) is 2.74. The Hall–Kier alpha value is -1.96. The van der Waals surface area contributed by atoms with E-state index in [1.54, 1.807) is 37.3 Å². The van der Waals surface area contributed by atoms with Crippen LogP contribution in [0.25, 0.3) is 0 Å². The second-order valence-corrected chi connectivity index (χ2v) is 8.26. The molecule has 5 nitrogen and oxygen atoms in total. The van der Waals surface area contributed by atoms with E-state index in [2.05, 4.69) is 5.32 Å². The number of carbonyl (C=O) groups excluding carboxylic acids is 1. The Bertz CT molecular complexity index is 736. The Morgan fingerprint density at radius 2 is 2.00 bits per heavy atom. The zero-order valence-electron chi connectivity index (χ0n) is 14.2. The summed E-state index contributed by atoms with van der Waals surface area (Å²) in [6.07, 6.45) is 1.58. The second-order valence-electron chi connectivity index (χ2n) is 6.33. The number of likely N-dealkylation sites (tertiary alicyclic amines) is 1. The third-order valence-electron chi connectivity index (χ3n) is 4.00. The lowest BCUT2D eigenvalue weighted by molar-refractivity contribution is -0.0682. The largest absolute Gasteiger partial charge is 0.332 e. The lowest BCUT2D eigenvalue weighted by Gasteiger charge is -2.39. The van der Waals surface area contributed by atoms with E-state index >= 15 is 0 Å².